The number of aromatic nitrogens is 4. The van der Waals surface area contributed by atoms with E-state index >= 15 is 0 Å². The Morgan fingerprint density at radius 1 is 0.733 bits per heavy atom. The number of nitrogens with zero attached hydrogens (tertiary/aromatic N) is 5. The molecule has 22 heteroatoms. The predicted octanol–water partition coefficient (Wildman–Crippen LogP) is 10.3. The maximum absolute atomic E-state index is 14.2. The van der Waals surface area contributed by atoms with Crippen LogP contribution in [0.5, 0.6) is 11.5 Å². The van der Waals surface area contributed by atoms with Gasteiger partial charge in [0, 0.05) is 41.8 Å². The minimum atomic E-state index is -4.18. The Balaban J connectivity index is 1.07. The molecular weight excluding hydrogens is 1140 g/mol. The van der Waals surface area contributed by atoms with Crippen molar-refractivity contribution in [3.8, 4) is 17.6 Å². The number of allylic oxidation sites excluding steroid dienone is 1. The molecule has 9 rings (SSSR count). The maximum Gasteiger partial charge on any atom is 0.351 e. The summed E-state index contributed by atoms with van der Waals surface area (Å²) in [6.45, 7) is 3.22. The van der Waals surface area contributed by atoms with Gasteiger partial charge in [0.15, 0.2) is 0 Å². The minimum Gasteiger partial charge on any atom is -0.497 e. The van der Waals surface area contributed by atoms with Crippen LogP contribution in [0, 0.1) is 16.7 Å². The number of carbonyl (C=O) groups is 2. The molecule has 2 unspecified atom stereocenters. The van der Waals surface area contributed by atoms with Crippen molar-refractivity contribution in [2.24, 2.45) is 5.41 Å². The number of hydrogen-bond acceptors (Lipinski definition) is 17. The highest BCUT2D eigenvalue weighted by atomic mass is 32.5. The van der Waals surface area contributed by atoms with E-state index in [9.17, 15) is 29.5 Å². The third-order valence-corrected chi connectivity index (χ3v) is 18.0. The molecule has 4 heterocycles. The van der Waals surface area contributed by atoms with Crippen molar-refractivity contribution in [3.63, 3.8) is 0 Å². The molecule has 0 bridgehead atoms. The number of anilines is 2. The van der Waals surface area contributed by atoms with E-state index in [1.54, 1.807) is 81.0 Å². The monoisotopic (exact) mass is 1210 g/mol. The number of carbonyl (C=O) groups excluding carboxylic acids is 2. The van der Waals surface area contributed by atoms with Crippen molar-refractivity contribution in [1.29, 1.82) is 5.26 Å². The number of rotatable bonds is 27. The second-order valence-electron chi connectivity index (χ2n) is 20.7. The molecule has 2 amide bonds. The Morgan fingerprint density at radius 3 is 1.67 bits per heavy atom. The Morgan fingerprint density at radius 2 is 1.21 bits per heavy atom. The third kappa shape index (κ3) is 14.3. The van der Waals surface area contributed by atoms with Gasteiger partial charge in [-0.05, 0) is 108 Å². The Kier molecular flexibility index (Phi) is 20.7. The van der Waals surface area contributed by atoms with Gasteiger partial charge in [-0.25, -0.2) is 9.59 Å². The standard InChI is InChI=1S/C64H68N7O13PS/c1-6-35-63(7-2,8-3)54(32-36-65)84-85(86,80-42-52-50(72)39-57(81-52)70-37-33-55(68-61(70)75)66-59(73)43-18-12-9-13-19-43)83-51-40-58(71-38-34-56(69-62(71)76)67-60(74)44-20-14-10-15-21-44)82-53(51)41-79-64(45-22-16-11-17-23-45,46-24-28-48(77-4)29-25-46)47-26-30-49(78-5)31-27-47/h6,9-31,33-34,37-38,50-54,57-58,72H,1,7-8,32,35,39-42H2,2-5H3,(H,66,68,73,75)(H,67,69,74,76)/t50-,51-,52+,53+,54?,57+,58+,85?/m0/s1. The van der Waals surface area contributed by atoms with Crippen LogP contribution in [0.25, 0.3) is 0 Å². The first kappa shape index (κ1) is 62.5. The molecular formula is C64H68N7O13PS. The average Bonchev–Trinajstić information content (AvgIpc) is 1.13. The van der Waals surface area contributed by atoms with E-state index in [0.29, 0.717) is 41.9 Å². The van der Waals surface area contributed by atoms with Gasteiger partial charge in [0.25, 0.3) is 11.8 Å². The number of methoxy groups -OCH3 is 2. The second-order valence-corrected chi connectivity index (χ2v) is 23.6. The van der Waals surface area contributed by atoms with Crippen LogP contribution in [0.1, 0.15) is 102 Å². The van der Waals surface area contributed by atoms with E-state index in [1.165, 1.54) is 33.7 Å². The molecule has 0 spiro atoms. The summed E-state index contributed by atoms with van der Waals surface area (Å²) in [5, 5.41) is 27.3. The molecule has 2 fully saturated rings. The highest BCUT2D eigenvalue weighted by molar-refractivity contribution is 8.07. The van der Waals surface area contributed by atoms with Crippen molar-refractivity contribution in [1.82, 2.24) is 19.1 Å². The first-order chi connectivity index (χ1) is 41.7. The van der Waals surface area contributed by atoms with Crippen LogP contribution in [0.3, 0.4) is 0 Å². The van der Waals surface area contributed by atoms with Gasteiger partial charge >= 0.3 is 18.1 Å². The fraction of sp³-hybridized carbons (Fsp3) is 0.328. The molecule has 5 aromatic carbocycles. The lowest BCUT2D eigenvalue weighted by atomic mass is 9.73. The Hall–Kier alpha value is -8.00. The van der Waals surface area contributed by atoms with Crippen LogP contribution in [-0.4, -0.2) is 94.0 Å². The van der Waals surface area contributed by atoms with Crippen molar-refractivity contribution in [2.45, 2.75) is 101 Å². The smallest absolute Gasteiger partial charge is 0.351 e. The zero-order valence-electron chi connectivity index (χ0n) is 48.0. The van der Waals surface area contributed by atoms with Crippen LogP contribution >= 0.6 is 6.72 Å². The number of ether oxygens (including phenoxy) is 5. The van der Waals surface area contributed by atoms with Crippen molar-refractivity contribution in [3.05, 3.63) is 225 Å². The number of nitriles is 1. The van der Waals surface area contributed by atoms with Crippen LogP contribution in [-0.2, 0) is 45.2 Å². The number of aliphatic hydroxyl groups excluding tert-OH is 1. The second kappa shape index (κ2) is 28.5. The summed E-state index contributed by atoms with van der Waals surface area (Å²) in [4.78, 5) is 62.0. The van der Waals surface area contributed by atoms with Gasteiger partial charge in [0.2, 0.25) is 0 Å². The molecule has 2 aliphatic heterocycles. The Bertz CT molecular complexity index is 3600. The van der Waals surface area contributed by atoms with Gasteiger partial charge in [-0.15, -0.1) is 6.58 Å². The quantitative estimate of drug-likeness (QED) is 0.0246. The van der Waals surface area contributed by atoms with Gasteiger partial charge in [-0.1, -0.05) is 111 Å². The zero-order valence-corrected chi connectivity index (χ0v) is 49.7. The SMILES string of the molecule is C=CCC(CC)(CC)C(CC#N)OP(=S)(OC[C@H]1O[C@@H](n2ccc(NC(=O)c3ccccc3)nc2=O)C[C@@H]1O)O[C@H]1C[C@H](n2ccc(NC(=O)c3ccccc3)nc2=O)O[C@@H]1COC(c1ccccc1)(c1ccc(OC)cc1)c1ccc(OC)cc1. The van der Waals surface area contributed by atoms with Crippen molar-refractivity contribution < 1.29 is 52.0 Å². The number of benzene rings is 5. The first-order valence-electron chi connectivity index (χ1n) is 28.2. The predicted molar refractivity (Wildman–Crippen MR) is 325 cm³/mol. The lowest BCUT2D eigenvalue weighted by molar-refractivity contribution is -0.0959. The lowest BCUT2D eigenvalue weighted by Gasteiger charge is -2.41. The van der Waals surface area contributed by atoms with Gasteiger partial charge in [0.1, 0.15) is 53.4 Å². The molecule has 448 valence electrons. The minimum absolute atomic E-state index is 0.0112. The summed E-state index contributed by atoms with van der Waals surface area (Å²) >= 11 is 6.48. The molecule has 2 saturated heterocycles. The van der Waals surface area contributed by atoms with Crippen molar-refractivity contribution in [2.75, 3.05) is 38.1 Å². The van der Waals surface area contributed by atoms with E-state index in [2.05, 4.69) is 33.2 Å². The summed E-state index contributed by atoms with van der Waals surface area (Å²) in [7, 11) is 3.17. The maximum atomic E-state index is 14.2. The van der Waals surface area contributed by atoms with E-state index in [-0.39, 0.29) is 37.5 Å². The molecule has 2 aliphatic rings. The first-order valence-corrected chi connectivity index (χ1v) is 30.7. The normalized spacial score (nSPS) is 19.6. The van der Waals surface area contributed by atoms with Crippen molar-refractivity contribution >= 4 is 42.0 Å². The number of aliphatic hydroxyl groups is 1. The average molecular weight is 1210 g/mol. The molecule has 2 aromatic heterocycles. The zero-order chi connectivity index (χ0) is 60.8. The highest BCUT2D eigenvalue weighted by Crippen LogP contribution is 2.58. The molecule has 0 aliphatic carbocycles. The molecule has 7 aromatic rings. The number of nitrogens with one attached hydrogen (secondary N) is 2. The van der Waals surface area contributed by atoms with E-state index < -0.39 is 90.5 Å². The molecule has 20 nitrogen and oxygen atoms in total. The molecule has 8 atom stereocenters. The van der Waals surface area contributed by atoms with Crippen LogP contribution in [0.15, 0.2) is 186 Å². The fourth-order valence-corrected chi connectivity index (χ4v) is 13.3. The van der Waals surface area contributed by atoms with Gasteiger partial charge < -0.3 is 53.0 Å². The third-order valence-electron chi connectivity index (χ3n) is 15.7. The summed E-state index contributed by atoms with van der Waals surface area (Å²) < 4.78 is 55.0. The van der Waals surface area contributed by atoms with Crippen LogP contribution in [0.4, 0.5) is 11.6 Å². The van der Waals surface area contributed by atoms with Crippen LogP contribution in [0.2, 0.25) is 0 Å². The van der Waals surface area contributed by atoms with Gasteiger partial charge in [-0.3, -0.25) is 18.7 Å². The Labute approximate surface area is 503 Å². The number of hydrogen-bond donors (Lipinski definition) is 3. The highest BCUT2D eigenvalue weighted by Gasteiger charge is 2.48. The van der Waals surface area contributed by atoms with Gasteiger partial charge in [0.05, 0.1) is 58.2 Å². The lowest BCUT2D eigenvalue weighted by Crippen LogP contribution is -2.39. The van der Waals surface area contributed by atoms with Gasteiger partial charge in [-0.2, -0.15) is 15.2 Å². The fourth-order valence-electron chi connectivity index (χ4n) is 10.8. The van der Waals surface area contributed by atoms with E-state index in [1.807, 2.05) is 92.7 Å². The topological polar surface area (TPSA) is 246 Å². The summed E-state index contributed by atoms with van der Waals surface area (Å²) in [6, 6.07) is 46.9. The summed E-state index contributed by atoms with van der Waals surface area (Å²) in [5.74, 6) is 0.347. The number of amides is 2. The molecule has 0 radical (unpaired) electrons. The largest absolute Gasteiger partial charge is 0.497 e. The molecule has 0 saturated carbocycles. The van der Waals surface area contributed by atoms with E-state index in [4.69, 9.17) is 49.1 Å². The van der Waals surface area contributed by atoms with Crippen LogP contribution < -0.4 is 31.5 Å². The summed E-state index contributed by atoms with van der Waals surface area (Å²) in [6.07, 6.45) is -1.39. The summed E-state index contributed by atoms with van der Waals surface area (Å²) in [5.41, 5.74) is -0.564. The molecule has 3 N–H and O–H groups in total. The molecule has 86 heavy (non-hydrogen) atoms. The van der Waals surface area contributed by atoms with E-state index in [0.717, 1.165) is 16.7 Å².